The van der Waals surface area contributed by atoms with Gasteiger partial charge in [0.15, 0.2) is 5.65 Å². The molecule has 0 saturated heterocycles. The number of aryl methyl sites for hydroxylation is 2. The van der Waals surface area contributed by atoms with Gasteiger partial charge in [-0.3, -0.25) is 0 Å². The lowest BCUT2D eigenvalue weighted by atomic mass is 10.2. The molecule has 0 aliphatic carbocycles. The van der Waals surface area contributed by atoms with Gasteiger partial charge in [-0.15, -0.1) is 0 Å². The van der Waals surface area contributed by atoms with E-state index in [0.29, 0.717) is 0 Å². The SMILES string of the molecule is Cc1ccn2ncnc2c1C. The summed E-state index contributed by atoms with van der Waals surface area (Å²) in [6, 6.07) is 2.04. The summed E-state index contributed by atoms with van der Waals surface area (Å²) in [5.74, 6) is 0. The highest BCUT2D eigenvalue weighted by molar-refractivity contribution is 5.48. The monoisotopic (exact) mass is 147 g/mol. The van der Waals surface area contributed by atoms with Crippen molar-refractivity contribution in [1.82, 2.24) is 14.6 Å². The summed E-state index contributed by atoms with van der Waals surface area (Å²) < 4.78 is 1.78. The van der Waals surface area contributed by atoms with Crippen molar-refractivity contribution in [3.05, 3.63) is 29.7 Å². The fraction of sp³-hybridized carbons (Fsp3) is 0.250. The molecule has 2 heterocycles. The van der Waals surface area contributed by atoms with Crippen LogP contribution in [0.4, 0.5) is 0 Å². The van der Waals surface area contributed by atoms with E-state index in [-0.39, 0.29) is 0 Å². The first-order valence-electron chi connectivity index (χ1n) is 3.54. The van der Waals surface area contributed by atoms with Crippen molar-refractivity contribution in [1.29, 1.82) is 0 Å². The standard InChI is InChI=1S/C8H9N3/c1-6-3-4-11-8(7(6)2)9-5-10-11/h3-5H,1-2H3. The molecule has 0 spiro atoms. The molecule has 56 valence electrons. The van der Waals surface area contributed by atoms with Gasteiger partial charge in [0.2, 0.25) is 0 Å². The van der Waals surface area contributed by atoms with Crippen LogP contribution in [0, 0.1) is 13.8 Å². The van der Waals surface area contributed by atoms with Crippen LogP contribution in [-0.4, -0.2) is 14.6 Å². The van der Waals surface area contributed by atoms with E-state index in [1.54, 1.807) is 10.8 Å². The molecule has 0 bridgehead atoms. The Balaban J connectivity index is 2.93. The molecule has 2 aromatic rings. The Labute approximate surface area is 64.7 Å². The third kappa shape index (κ3) is 0.808. The van der Waals surface area contributed by atoms with Gasteiger partial charge in [0.05, 0.1) is 0 Å². The van der Waals surface area contributed by atoms with E-state index in [1.807, 2.05) is 12.3 Å². The zero-order valence-electron chi connectivity index (χ0n) is 6.57. The van der Waals surface area contributed by atoms with Gasteiger partial charge in [-0.25, -0.2) is 9.50 Å². The van der Waals surface area contributed by atoms with Gasteiger partial charge >= 0.3 is 0 Å². The summed E-state index contributed by atoms with van der Waals surface area (Å²) in [5.41, 5.74) is 3.40. The average molecular weight is 147 g/mol. The maximum absolute atomic E-state index is 4.13. The molecule has 0 aliphatic rings. The number of nitrogens with zero attached hydrogens (tertiary/aromatic N) is 3. The molecular formula is C8H9N3. The van der Waals surface area contributed by atoms with E-state index >= 15 is 0 Å². The van der Waals surface area contributed by atoms with Gasteiger partial charge < -0.3 is 0 Å². The van der Waals surface area contributed by atoms with Crippen LogP contribution in [0.5, 0.6) is 0 Å². The molecule has 0 unspecified atom stereocenters. The molecule has 0 amide bonds. The van der Waals surface area contributed by atoms with Crippen molar-refractivity contribution in [2.75, 3.05) is 0 Å². The number of pyridine rings is 1. The summed E-state index contributed by atoms with van der Waals surface area (Å²) in [6.45, 7) is 4.13. The van der Waals surface area contributed by atoms with E-state index in [0.717, 1.165) is 5.65 Å². The minimum atomic E-state index is 0.949. The molecule has 3 heteroatoms. The van der Waals surface area contributed by atoms with Crippen molar-refractivity contribution in [3.8, 4) is 0 Å². The predicted molar refractivity (Wildman–Crippen MR) is 42.5 cm³/mol. The molecular weight excluding hydrogens is 138 g/mol. The maximum atomic E-state index is 4.13. The first-order chi connectivity index (χ1) is 5.29. The number of aromatic nitrogens is 3. The quantitative estimate of drug-likeness (QED) is 0.563. The lowest BCUT2D eigenvalue weighted by molar-refractivity contribution is 0.951. The van der Waals surface area contributed by atoms with Crippen LogP contribution >= 0.6 is 0 Å². The van der Waals surface area contributed by atoms with Gasteiger partial charge in [0, 0.05) is 6.20 Å². The van der Waals surface area contributed by atoms with E-state index in [1.165, 1.54) is 11.1 Å². The third-order valence-electron chi connectivity index (χ3n) is 1.97. The topological polar surface area (TPSA) is 30.2 Å². The third-order valence-corrected chi connectivity index (χ3v) is 1.97. The lowest BCUT2D eigenvalue weighted by Gasteiger charge is -1.98. The van der Waals surface area contributed by atoms with E-state index in [9.17, 15) is 0 Å². The van der Waals surface area contributed by atoms with Crippen LogP contribution in [0.3, 0.4) is 0 Å². The van der Waals surface area contributed by atoms with Crippen LogP contribution in [0.2, 0.25) is 0 Å². The second-order valence-electron chi connectivity index (χ2n) is 2.65. The van der Waals surface area contributed by atoms with Crippen molar-refractivity contribution in [2.45, 2.75) is 13.8 Å². The Bertz CT molecular complexity index is 389. The summed E-state index contributed by atoms with van der Waals surface area (Å²) in [6.07, 6.45) is 3.49. The van der Waals surface area contributed by atoms with Gasteiger partial charge in [0.25, 0.3) is 0 Å². The second kappa shape index (κ2) is 2.05. The molecule has 0 aromatic carbocycles. The van der Waals surface area contributed by atoms with Crippen molar-refractivity contribution < 1.29 is 0 Å². The molecule has 0 radical (unpaired) electrons. The zero-order chi connectivity index (χ0) is 7.84. The molecule has 0 atom stereocenters. The minimum Gasteiger partial charge on any atom is -0.221 e. The fourth-order valence-electron chi connectivity index (χ4n) is 1.11. The molecule has 0 fully saturated rings. The largest absolute Gasteiger partial charge is 0.221 e. The molecule has 0 aliphatic heterocycles. The fourth-order valence-corrected chi connectivity index (χ4v) is 1.11. The number of rotatable bonds is 0. The van der Waals surface area contributed by atoms with E-state index < -0.39 is 0 Å². The van der Waals surface area contributed by atoms with Crippen LogP contribution in [-0.2, 0) is 0 Å². The van der Waals surface area contributed by atoms with Crippen molar-refractivity contribution in [3.63, 3.8) is 0 Å². The highest BCUT2D eigenvalue weighted by atomic mass is 15.3. The molecule has 0 saturated carbocycles. The van der Waals surface area contributed by atoms with E-state index in [4.69, 9.17) is 0 Å². The Hall–Kier alpha value is -1.38. The Morgan fingerprint density at radius 2 is 2.18 bits per heavy atom. The molecule has 2 rings (SSSR count). The smallest absolute Gasteiger partial charge is 0.158 e. The summed E-state index contributed by atoms with van der Waals surface area (Å²) in [4.78, 5) is 4.13. The highest BCUT2D eigenvalue weighted by Gasteiger charge is 2.00. The lowest BCUT2D eigenvalue weighted by Crippen LogP contribution is -1.91. The first-order valence-corrected chi connectivity index (χ1v) is 3.54. The number of hydrogen-bond acceptors (Lipinski definition) is 2. The Morgan fingerprint density at radius 3 is 3.00 bits per heavy atom. The summed E-state index contributed by atoms with van der Waals surface area (Å²) in [7, 11) is 0. The van der Waals surface area contributed by atoms with Crippen LogP contribution in [0.25, 0.3) is 5.65 Å². The van der Waals surface area contributed by atoms with Gasteiger partial charge in [0.1, 0.15) is 6.33 Å². The second-order valence-corrected chi connectivity index (χ2v) is 2.65. The molecule has 11 heavy (non-hydrogen) atoms. The summed E-state index contributed by atoms with van der Waals surface area (Å²) >= 11 is 0. The van der Waals surface area contributed by atoms with Crippen LogP contribution in [0.15, 0.2) is 18.6 Å². The average Bonchev–Trinajstić information content (AvgIpc) is 2.45. The summed E-state index contributed by atoms with van der Waals surface area (Å²) in [5, 5.41) is 4.03. The predicted octanol–water partition coefficient (Wildman–Crippen LogP) is 1.35. The highest BCUT2D eigenvalue weighted by Crippen LogP contribution is 2.10. The molecule has 0 N–H and O–H groups in total. The van der Waals surface area contributed by atoms with Gasteiger partial charge in [-0.05, 0) is 31.0 Å². The molecule has 3 nitrogen and oxygen atoms in total. The molecule has 2 aromatic heterocycles. The minimum absolute atomic E-state index is 0.949. The number of fused-ring (bicyclic) bond motifs is 1. The number of hydrogen-bond donors (Lipinski definition) is 0. The van der Waals surface area contributed by atoms with Crippen molar-refractivity contribution >= 4 is 5.65 Å². The van der Waals surface area contributed by atoms with Crippen LogP contribution in [0.1, 0.15) is 11.1 Å². The van der Waals surface area contributed by atoms with Gasteiger partial charge in [-0.1, -0.05) is 0 Å². The van der Waals surface area contributed by atoms with Gasteiger partial charge in [-0.2, -0.15) is 5.10 Å². The van der Waals surface area contributed by atoms with Crippen molar-refractivity contribution in [2.24, 2.45) is 0 Å². The Morgan fingerprint density at radius 1 is 1.36 bits per heavy atom. The normalized spacial score (nSPS) is 10.7. The maximum Gasteiger partial charge on any atom is 0.158 e. The zero-order valence-corrected chi connectivity index (χ0v) is 6.57. The Kier molecular flexibility index (Phi) is 1.18. The van der Waals surface area contributed by atoms with E-state index in [2.05, 4.69) is 23.9 Å². The first kappa shape index (κ1) is 6.34. The van der Waals surface area contributed by atoms with Crippen LogP contribution < -0.4 is 0 Å².